The first-order valence-electron chi connectivity index (χ1n) is 12.1. The number of thiophene rings is 1. The van der Waals surface area contributed by atoms with Crippen molar-refractivity contribution in [2.45, 2.75) is 38.1 Å². The lowest BCUT2D eigenvalue weighted by Gasteiger charge is -2.20. The highest BCUT2D eigenvalue weighted by Crippen LogP contribution is 2.38. The first-order valence-corrected chi connectivity index (χ1v) is 12.9. The molecule has 1 atom stereocenters. The summed E-state index contributed by atoms with van der Waals surface area (Å²) in [7, 11) is 0. The molecule has 0 saturated carbocycles. The lowest BCUT2D eigenvalue weighted by Crippen LogP contribution is -2.38. The van der Waals surface area contributed by atoms with Crippen molar-refractivity contribution >= 4 is 34.1 Å². The van der Waals surface area contributed by atoms with Gasteiger partial charge < -0.3 is 25.2 Å². The van der Waals surface area contributed by atoms with Gasteiger partial charge in [0.1, 0.15) is 11.3 Å². The number of nitrogens with one attached hydrogen (secondary N) is 2. The van der Waals surface area contributed by atoms with E-state index in [1.54, 1.807) is 0 Å². The number of carbonyl (C=O) groups excluding carboxylic acids is 2. The van der Waals surface area contributed by atoms with Crippen molar-refractivity contribution in [1.29, 1.82) is 0 Å². The van der Waals surface area contributed by atoms with Gasteiger partial charge in [0.05, 0.1) is 17.2 Å². The quantitative estimate of drug-likeness (QED) is 0.396. The van der Waals surface area contributed by atoms with Crippen molar-refractivity contribution in [2.24, 2.45) is 0 Å². The Kier molecular flexibility index (Phi) is 7.23. The third kappa shape index (κ3) is 5.51. The summed E-state index contributed by atoms with van der Waals surface area (Å²) in [5.74, 6) is -1.20. The number of hydrogen-bond acceptors (Lipinski definition) is 6. The molecule has 2 amide bonds. The van der Waals surface area contributed by atoms with Crippen molar-refractivity contribution < 1.29 is 29.0 Å². The molecule has 1 aromatic heterocycles. The minimum Gasteiger partial charge on any atom is -0.478 e. The molecule has 37 heavy (non-hydrogen) atoms. The fourth-order valence-corrected chi connectivity index (χ4v) is 5.85. The highest BCUT2D eigenvalue weighted by molar-refractivity contribution is 7.17. The van der Waals surface area contributed by atoms with Gasteiger partial charge in [-0.2, -0.15) is 0 Å². The van der Waals surface area contributed by atoms with E-state index in [0.717, 1.165) is 41.7 Å². The summed E-state index contributed by atoms with van der Waals surface area (Å²) in [4.78, 5) is 39.0. The van der Waals surface area contributed by atoms with Gasteiger partial charge in [0.25, 0.3) is 11.8 Å². The van der Waals surface area contributed by atoms with Crippen LogP contribution in [0.3, 0.4) is 0 Å². The summed E-state index contributed by atoms with van der Waals surface area (Å²) >= 11 is 1.43. The predicted molar refractivity (Wildman–Crippen MR) is 139 cm³/mol. The van der Waals surface area contributed by atoms with E-state index < -0.39 is 17.9 Å². The molecule has 1 aliphatic carbocycles. The standard InChI is InChI=1S/C28H26N2O6S/c31-25(18-10-12-19(13-11-18)28(33)34)30-27-24(20-8-4-5-9-23(20)37-27)26(32)29-21(22-15-35-16-36-22)14-17-6-2-1-3-7-17/h1-3,6-7,10-13,15,21H,4-5,8-9,14,16H2,(H,29,32)(H,30,31)(H,33,34). The third-order valence-corrected chi connectivity index (χ3v) is 7.65. The Hall–Kier alpha value is -4.11. The van der Waals surface area contributed by atoms with E-state index in [0.29, 0.717) is 28.3 Å². The van der Waals surface area contributed by atoms with Crippen LogP contribution < -0.4 is 10.6 Å². The second-order valence-electron chi connectivity index (χ2n) is 8.92. The molecule has 0 fully saturated rings. The number of benzene rings is 2. The molecular formula is C28H26N2O6S. The number of hydrogen-bond donors (Lipinski definition) is 3. The Balaban J connectivity index is 1.41. The van der Waals surface area contributed by atoms with E-state index in [2.05, 4.69) is 10.6 Å². The zero-order valence-electron chi connectivity index (χ0n) is 20.0. The maximum Gasteiger partial charge on any atom is 0.335 e. The van der Waals surface area contributed by atoms with E-state index in [1.165, 1.54) is 41.9 Å². The van der Waals surface area contributed by atoms with Crippen molar-refractivity contribution in [1.82, 2.24) is 5.32 Å². The van der Waals surface area contributed by atoms with Crippen LogP contribution >= 0.6 is 11.3 Å². The number of aromatic carboxylic acids is 1. The SMILES string of the molecule is O=C(O)c1ccc(C(=O)Nc2sc3c(c2C(=O)NC(Cc2ccccc2)C2=COCO2)CCCC3)cc1. The van der Waals surface area contributed by atoms with E-state index >= 15 is 0 Å². The molecule has 190 valence electrons. The zero-order chi connectivity index (χ0) is 25.8. The first kappa shape index (κ1) is 24.6. The van der Waals surface area contributed by atoms with Gasteiger partial charge in [-0.3, -0.25) is 9.59 Å². The van der Waals surface area contributed by atoms with Gasteiger partial charge in [0, 0.05) is 16.9 Å². The summed E-state index contributed by atoms with van der Waals surface area (Å²) in [5, 5.41) is 15.6. The monoisotopic (exact) mass is 518 g/mol. The lowest BCUT2D eigenvalue weighted by atomic mass is 9.94. The topological polar surface area (TPSA) is 114 Å². The normalized spacial score (nSPS) is 15.0. The number of aryl methyl sites for hydroxylation is 1. The second kappa shape index (κ2) is 10.9. The molecule has 5 rings (SSSR count). The number of carboxylic acid groups (broad SMARTS) is 1. The van der Waals surface area contributed by atoms with Gasteiger partial charge >= 0.3 is 5.97 Å². The molecule has 9 heteroatoms. The van der Waals surface area contributed by atoms with Gasteiger partial charge in [0.2, 0.25) is 6.79 Å². The van der Waals surface area contributed by atoms with Crippen LogP contribution in [0.4, 0.5) is 5.00 Å². The number of fused-ring (bicyclic) bond motifs is 1. The van der Waals surface area contributed by atoms with E-state index in [-0.39, 0.29) is 18.3 Å². The Morgan fingerprint density at radius 2 is 1.68 bits per heavy atom. The molecule has 0 spiro atoms. The molecule has 2 heterocycles. The molecule has 0 radical (unpaired) electrons. The summed E-state index contributed by atoms with van der Waals surface area (Å²) in [6.07, 6.45) is 5.69. The Labute approximate surface area is 217 Å². The Morgan fingerprint density at radius 1 is 0.946 bits per heavy atom. The molecule has 2 aromatic carbocycles. The minimum atomic E-state index is -1.06. The molecule has 0 bridgehead atoms. The maximum absolute atomic E-state index is 13.7. The average Bonchev–Trinajstić information content (AvgIpc) is 3.57. The summed E-state index contributed by atoms with van der Waals surface area (Å²) < 4.78 is 10.9. The molecule has 0 saturated heterocycles. The van der Waals surface area contributed by atoms with Crippen LogP contribution in [0.2, 0.25) is 0 Å². The number of rotatable bonds is 8. The molecular weight excluding hydrogens is 492 g/mol. The van der Waals surface area contributed by atoms with Crippen molar-refractivity contribution in [2.75, 3.05) is 12.1 Å². The van der Waals surface area contributed by atoms with Gasteiger partial charge in [0.15, 0.2) is 5.76 Å². The van der Waals surface area contributed by atoms with Crippen LogP contribution in [-0.2, 0) is 28.7 Å². The van der Waals surface area contributed by atoms with Gasteiger partial charge in [-0.05, 0) is 61.1 Å². The first-order chi connectivity index (χ1) is 18.0. The molecule has 8 nitrogen and oxygen atoms in total. The highest BCUT2D eigenvalue weighted by atomic mass is 32.1. The zero-order valence-corrected chi connectivity index (χ0v) is 20.8. The van der Waals surface area contributed by atoms with Crippen molar-refractivity contribution in [3.8, 4) is 0 Å². The summed E-state index contributed by atoms with van der Waals surface area (Å²) in [5.41, 5.74) is 2.90. The van der Waals surface area contributed by atoms with Crippen LogP contribution in [0.25, 0.3) is 0 Å². The Morgan fingerprint density at radius 3 is 2.38 bits per heavy atom. The Bertz CT molecular complexity index is 1350. The van der Waals surface area contributed by atoms with Crippen molar-refractivity contribution in [3.63, 3.8) is 0 Å². The minimum absolute atomic E-state index is 0.0973. The number of carboxylic acids is 1. The largest absolute Gasteiger partial charge is 0.478 e. The van der Waals surface area contributed by atoms with Crippen LogP contribution in [-0.4, -0.2) is 35.7 Å². The third-order valence-electron chi connectivity index (χ3n) is 6.44. The van der Waals surface area contributed by atoms with Crippen LogP contribution in [0.5, 0.6) is 0 Å². The van der Waals surface area contributed by atoms with E-state index in [9.17, 15) is 14.4 Å². The van der Waals surface area contributed by atoms with Crippen LogP contribution in [0.1, 0.15) is 59.9 Å². The van der Waals surface area contributed by atoms with Crippen molar-refractivity contribution in [3.05, 3.63) is 99.3 Å². The van der Waals surface area contributed by atoms with E-state index in [1.807, 2.05) is 30.3 Å². The van der Waals surface area contributed by atoms with Crippen LogP contribution in [0, 0.1) is 0 Å². The summed E-state index contributed by atoms with van der Waals surface area (Å²) in [6.45, 7) is 0.103. The van der Waals surface area contributed by atoms with Gasteiger partial charge in [-0.25, -0.2) is 4.79 Å². The second-order valence-corrected chi connectivity index (χ2v) is 10.0. The number of ether oxygens (including phenoxy) is 2. The average molecular weight is 519 g/mol. The fourth-order valence-electron chi connectivity index (χ4n) is 4.57. The molecule has 3 aromatic rings. The fraction of sp³-hybridized carbons (Fsp3) is 0.250. The molecule has 3 N–H and O–H groups in total. The number of amides is 2. The molecule has 1 aliphatic heterocycles. The predicted octanol–water partition coefficient (Wildman–Crippen LogP) is 4.76. The maximum atomic E-state index is 13.7. The van der Waals surface area contributed by atoms with Crippen LogP contribution in [0.15, 0.2) is 66.6 Å². The molecule has 1 unspecified atom stereocenters. The summed E-state index contributed by atoms with van der Waals surface area (Å²) in [6, 6.07) is 15.1. The number of carbonyl (C=O) groups is 3. The van der Waals surface area contributed by atoms with Gasteiger partial charge in [-0.1, -0.05) is 30.3 Å². The smallest absolute Gasteiger partial charge is 0.335 e. The molecule has 2 aliphatic rings. The number of anilines is 1. The highest BCUT2D eigenvalue weighted by Gasteiger charge is 2.30. The lowest BCUT2D eigenvalue weighted by molar-refractivity contribution is 0.0696. The van der Waals surface area contributed by atoms with E-state index in [4.69, 9.17) is 14.6 Å². The van der Waals surface area contributed by atoms with Gasteiger partial charge in [-0.15, -0.1) is 11.3 Å².